The molecular weight excluding hydrogens is 220 g/mol. The molecule has 1 saturated carbocycles. The molecule has 1 saturated heterocycles. The second-order valence-corrected chi connectivity index (χ2v) is 4.66. The Morgan fingerprint density at radius 1 is 1.47 bits per heavy atom. The molecule has 0 bridgehead atoms. The molecule has 2 fully saturated rings. The molecule has 0 N–H and O–H groups in total. The van der Waals surface area contributed by atoms with Crippen LogP contribution in [0, 0.1) is 0 Å². The Kier molecular flexibility index (Phi) is 3.66. The third-order valence-electron chi connectivity index (χ3n) is 3.37. The minimum absolute atomic E-state index is 0.148. The third kappa shape index (κ3) is 2.60. The summed E-state index contributed by atoms with van der Waals surface area (Å²) in [5.74, 6) is -0.0595. The molecule has 1 aliphatic carbocycles. The summed E-state index contributed by atoms with van der Waals surface area (Å²) < 4.78 is 5.04. The first-order valence-corrected chi connectivity index (χ1v) is 6.37. The average molecular weight is 240 g/mol. The molecule has 1 heterocycles. The van der Waals surface area contributed by atoms with E-state index in [0.29, 0.717) is 32.3 Å². The molecule has 96 valence electrons. The standard InChI is InChI=1S/C12H20N2O3/c1-3-10(12(16)17-4-2)13-7-11(15)14(8-13)9-5-6-9/h9-10H,3-8H2,1-2H3/t10-/m0/s1. The van der Waals surface area contributed by atoms with Crippen LogP contribution in [0.4, 0.5) is 0 Å². The Bertz CT molecular complexity index is 315. The number of nitrogens with zero attached hydrogens (tertiary/aromatic N) is 2. The van der Waals surface area contributed by atoms with E-state index >= 15 is 0 Å². The highest BCUT2D eigenvalue weighted by atomic mass is 16.5. The molecule has 0 aromatic rings. The maximum atomic E-state index is 11.8. The molecule has 0 spiro atoms. The summed E-state index contributed by atoms with van der Waals surface area (Å²) >= 11 is 0. The van der Waals surface area contributed by atoms with Crippen LogP contribution in [0.5, 0.6) is 0 Å². The Hall–Kier alpha value is -1.10. The Balaban J connectivity index is 1.96. The first kappa shape index (κ1) is 12.4. The van der Waals surface area contributed by atoms with Crippen molar-refractivity contribution in [1.82, 2.24) is 9.80 Å². The number of amides is 1. The first-order chi connectivity index (χ1) is 8.17. The lowest BCUT2D eigenvalue weighted by Gasteiger charge is -2.24. The van der Waals surface area contributed by atoms with Crippen LogP contribution in [-0.4, -0.2) is 53.6 Å². The molecule has 1 amide bonds. The van der Waals surface area contributed by atoms with Crippen molar-refractivity contribution in [3.8, 4) is 0 Å². The smallest absolute Gasteiger partial charge is 0.323 e. The lowest BCUT2D eigenvalue weighted by Crippen LogP contribution is -2.41. The molecule has 1 aliphatic heterocycles. The van der Waals surface area contributed by atoms with Gasteiger partial charge in [0.05, 0.1) is 19.8 Å². The van der Waals surface area contributed by atoms with E-state index in [1.165, 1.54) is 0 Å². The molecule has 5 heteroatoms. The largest absolute Gasteiger partial charge is 0.465 e. The molecule has 1 atom stereocenters. The fourth-order valence-corrected chi connectivity index (χ4v) is 2.32. The highest BCUT2D eigenvalue weighted by molar-refractivity contribution is 5.83. The maximum absolute atomic E-state index is 11.8. The molecule has 0 aromatic heterocycles. The molecule has 2 aliphatic rings. The Morgan fingerprint density at radius 2 is 2.18 bits per heavy atom. The average Bonchev–Trinajstić information content (AvgIpc) is 3.05. The summed E-state index contributed by atoms with van der Waals surface area (Å²) in [7, 11) is 0. The molecule has 0 unspecified atom stereocenters. The van der Waals surface area contributed by atoms with Crippen LogP contribution in [0.25, 0.3) is 0 Å². The maximum Gasteiger partial charge on any atom is 0.323 e. The van der Waals surface area contributed by atoms with Gasteiger partial charge in [-0.2, -0.15) is 0 Å². The number of hydrogen-bond acceptors (Lipinski definition) is 4. The monoisotopic (exact) mass is 240 g/mol. The van der Waals surface area contributed by atoms with Gasteiger partial charge in [-0.25, -0.2) is 0 Å². The fraction of sp³-hybridized carbons (Fsp3) is 0.833. The van der Waals surface area contributed by atoms with Gasteiger partial charge < -0.3 is 9.64 Å². The van der Waals surface area contributed by atoms with Gasteiger partial charge in [-0.15, -0.1) is 0 Å². The Morgan fingerprint density at radius 3 is 2.71 bits per heavy atom. The van der Waals surface area contributed by atoms with Crippen molar-refractivity contribution in [1.29, 1.82) is 0 Å². The number of rotatable bonds is 5. The van der Waals surface area contributed by atoms with Crippen LogP contribution >= 0.6 is 0 Å². The summed E-state index contributed by atoms with van der Waals surface area (Å²) in [5, 5.41) is 0. The van der Waals surface area contributed by atoms with E-state index in [1.54, 1.807) is 6.92 Å². The topological polar surface area (TPSA) is 49.9 Å². The predicted octanol–water partition coefficient (Wildman–Crippen LogP) is 0.592. The van der Waals surface area contributed by atoms with Crippen LogP contribution in [0.3, 0.4) is 0 Å². The van der Waals surface area contributed by atoms with E-state index in [2.05, 4.69) is 0 Å². The summed E-state index contributed by atoms with van der Waals surface area (Å²) in [6.45, 7) is 5.08. The van der Waals surface area contributed by atoms with Gasteiger partial charge in [0.15, 0.2) is 0 Å². The van der Waals surface area contributed by atoms with Gasteiger partial charge in [-0.1, -0.05) is 6.92 Å². The fourth-order valence-electron chi connectivity index (χ4n) is 2.32. The van der Waals surface area contributed by atoms with Crippen LogP contribution in [0.1, 0.15) is 33.1 Å². The van der Waals surface area contributed by atoms with E-state index in [9.17, 15) is 9.59 Å². The number of hydrogen-bond donors (Lipinski definition) is 0. The zero-order valence-corrected chi connectivity index (χ0v) is 10.5. The second kappa shape index (κ2) is 5.04. The van der Waals surface area contributed by atoms with Crippen molar-refractivity contribution >= 4 is 11.9 Å². The van der Waals surface area contributed by atoms with E-state index in [0.717, 1.165) is 12.8 Å². The van der Waals surface area contributed by atoms with Gasteiger partial charge in [0.2, 0.25) is 5.91 Å². The molecule has 5 nitrogen and oxygen atoms in total. The predicted molar refractivity (Wildman–Crippen MR) is 62.2 cm³/mol. The van der Waals surface area contributed by atoms with Crippen molar-refractivity contribution in [2.45, 2.75) is 45.2 Å². The lowest BCUT2D eigenvalue weighted by atomic mass is 10.2. The van der Waals surface area contributed by atoms with E-state index in [-0.39, 0.29) is 17.9 Å². The first-order valence-electron chi connectivity index (χ1n) is 6.37. The zero-order valence-electron chi connectivity index (χ0n) is 10.5. The number of carbonyl (C=O) groups excluding carboxylic acids is 2. The number of carbonyl (C=O) groups is 2. The molecular formula is C12H20N2O3. The van der Waals surface area contributed by atoms with Crippen molar-refractivity contribution < 1.29 is 14.3 Å². The summed E-state index contributed by atoms with van der Waals surface area (Å²) in [5.41, 5.74) is 0. The van der Waals surface area contributed by atoms with Gasteiger partial charge in [0.25, 0.3) is 0 Å². The molecule has 2 rings (SSSR count). The van der Waals surface area contributed by atoms with Gasteiger partial charge in [-0.05, 0) is 26.2 Å². The normalized spacial score (nSPS) is 22.9. The van der Waals surface area contributed by atoms with Crippen molar-refractivity contribution in [3.63, 3.8) is 0 Å². The van der Waals surface area contributed by atoms with Crippen molar-refractivity contribution in [2.24, 2.45) is 0 Å². The SMILES string of the molecule is CCOC(=O)[C@H](CC)N1CC(=O)N(C2CC2)C1. The van der Waals surface area contributed by atoms with Crippen molar-refractivity contribution in [2.75, 3.05) is 19.8 Å². The van der Waals surface area contributed by atoms with Crippen LogP contribution in [0.2, 0.25) is 0 Å². The minimum atomic E-state index is -0.275. The minimum Gasteiger partial charge on any atom is -0.465 e. The summed E-state index contributed by atoms with van der Waals surface area (Å²) in [4.78, 5) is 27.4. The zero-order chi connectivity index (χ0) is 12.4. The van der Waals surface area contributed by atoms with Crippen LogP contribution in [0.15, 0.2) is 0 Å². The highest BCUT2D eigenvalue weighted by Crippen LogP contribution is 2.30. The van der Waals surface area contributed by atoms with Crippen molar-refractivity contribution in [3.05, 3.63) is 0 Å². The Labute approximate surface area is 102 Å². The van der Waals surface area contributed by atoms with Gasteiger partial charge in [0, 0.05) is 6.04 Å². The molecule has 17 heavy (non-hydrogen) atoms. The molecule has 0 aromatic carbocycles. The third-order valence-corrected chi connectivity index (χ3v) is 3.37. The van der Waals surface area contributed by atoms with E-state index in [4.69, 9.17) is 4.74 Å². The van der Waals surface area contributed by atoms with Gasteiger partial charge in [0.1, 0.15) is 6.04 Å². The van der Waals surface area contributed by atoms with Gasteiger partial charge in [-0.3, -0.25) is 14.5 Å². The quantitative estimate of drug-likeness (QED) is 0.660. The summed E-state index contributed by atoms with van der Waals surface area (Å²) in [6.07, 6.45) is 2.90. The van der Waals surface area contributed by atoms with E-state index < -0.39 is 0 Å². The number of ether oxygens (including phenoxy) is 1. The van der Waals surface area contributed by atoms with Crippen LogP contribution in [-0.2, 0) is 14.3 Å². The van der Waals surface area contributed by atoms with Gasteiger partial charge >= 0.3 is 5.97 Å². The highest BCUT2D eigenvalue weighted by Gasteiger charge is 2.41. The lowest BCUT2D eigenvalue weighted by molar-refractivity contribution is -0.149. The van der Waals surface area contributed by atoms with E-state index in [1.807, 2.05) is 16.7 Å². The van der Waals surface area contributed by atoms with Crippen LogP contribution < -0.4 is 0 Å². The summed E-state index contributed by atoms with van der Waals surface area (Å²) in [6, 6.07) is 0.148. The number of esters is 1. The second-order valence-electron chi connectivity index (χ2n) is 4.66. The molecule has 0 radical (unpaired) electrons.